The van der Waals surface area contributed by atoms with Crippen LogP contribution in [0.15, 0.2) is 0 Å². The lowest BCUT2D eigenvalue weighted by atomic mass is 10.3. The van der Waals surface area contributed by atoms with Gasteiger partial charge in [0.1, 0.15) is 13.1 Å². The monoisotopic (exact) mass is 324 g/mol. The van der Waals surface area contributed by atoms with Crippen molar-refractivity contribution < 1.29 is 39.0 Å². The highest BCUT2D eigenvalue weighted by atomic mass is 16.4. The van der Waals surface area contributed by atoms with Gasteiger partial charge in [0.15, 0.2) is 0 Å². The smallest absolute Gasteiger partial charge is 0.101 e. The van der Waals surface area contributed by atoms with Crippen LogP contribution in [0, 0.1) is 0 Å². The Hall–Kier alpha value is -1.22. The number of hydrogen-bond acceptors (Lipinski definition) is 6. The zero-order chi connectivity index (χ0) is 18.4. The first-order valence-corrected chi connectivity index (χ1v) is 6.97. The number of aliphatic carboxylic acids is 2. The van der Waals surface area contributed by atoms with E-state index in [-0.39, 0.29) is 13.2 Å². The SMILES string of the molecule is C[N+](C)(C)CCO.C[N+](C)(C)CCO.O=C([O-])CCC(=O)[O-]. The first kappa shape index (κ1) is 25.7. The van der Waals surface area contributed by atoms with E-state index in [4.69, 9.17) is 10.2 Å². The second-order valence-corrected chi connectivity index (χ2v) is 6.72. The molecule has 0 amide bonds. The van der Waals surface area contributed by atoms with Crippen molar-refractivity contribution in [2.75, 3.05) is 68.6 Å². The minimum absolute atomic E-state index is 0.281. The second-order valence-electron chi connectivity index (χ2n) is 6.72. The number of aliphatic hydroxyl groups excluding tert-OH is 2. The summed E-state index contributed by atoms with van der Waals surface area (Å²) in [6, 6.07) is 0. The van der Waals surface area contributed by atoms with E-state index in [1.807, 2.05) is 0 Å². The average Bonchev–Trinajstić information content (AvgIpc) is 2.24. The predicted octanol–water partition coefficient (Wildman–Crippen LogP) is -3.36. The maximum atomic E-state index is 9.50. The molecule has 0 bridgehead atoms. The van der Waals surface area contributed by atoms with E-state index in [2.05, 4.69) is 42.3 Å². The molecule has 134 valence electrons. The van der Waals surface area contributed by atoms with Crippen molar-refractivity contribution in [3.63, 3.8) is 0 Å². The van der Waals surface area contributed by atoms with Crippen LogP contribution < -0.4 is 10.2 Å². The Morgan fingerprint density at radius 3 is 1.00 bits per heavy atom. The summed E-state index contributed by atoms with van der Waals surface area (Å²) in [6.45, 7) is 2.23. The van der Waals surface area contributed by atoms with Crippen LogP contribution in [0.2, 0.25) is 0 Å². The van der Waals surface area contributed by atoms with Crippen LogP contribution in [-0.2, 0) is 9.59 Å². The van der Waals surface area contributed by atoms with Gasteiger partial charge in [0.05, 0.1) is 55.5 Å². The molecule has 0 aliphatic carbocycles. The molecule has 0 aromatic rings. The van der Waals surface area contributed by atoms with Crippen LogP contribution in [0.25, 0.3) is 0 Å². The third-order valence-electron chi connectivity index (χ3n) is 2.07. The normalized spacial score (nSPS) is 10.7. The Kier molecular flexibility index (Phi) is 15.7. The summed E-state index contributed by atoms with van der Waals surface area (Å²) < 4.78 is 1.69. The molecule has 8 nitrogen and oxygen atoms in total. The van der Waals surface area contributed by atoms with Crippen LogP contribution in [-0.4, -0.2) is 99.7 Å². The lowest BCUT2D eigenvalue weighted by Crippen LogP contribution is -2.36. The van der Waals surface area contributed by atoms with Gasteiger partial charge in [-0.05, 0) is 12.8 Å². The van der Waals surface area contributed by atoms with Gasteiger partial charge in [0, 0.05) is 11.9 Å². The molecular weight excluding hydrogens is 292 g/mol. The molecule has 0 rings (SSSR count). The summed E-state index contributed by atoms with van der Waals surface area (Å²) in [4.78, 5) is 19.0. The van der Waals surface area contributed by atoms with Crippen molar-refractivity contribution >= 4 is 11.9 Å². The Morgan fingerprint density at radius 2 is 0.955 bits per heavy atom. The van der Waals surface area contributed by atoms with Gasteiger partial charge in [-0.15, -0.1) is 0 Å². The molecule has 0 saturated carbocycles. The Labute approximate surface area is 133 Å². The minimum Gasteiger partial charge on any atom is -0.550 e. The van der Waals surface area contributed by atoms with E-state index in [9.17, 15) is 19.8 Å². The molecule has 0 aliphatic rings. The van der Waals surface area contributed by atoms with E-state index in [0.717, 1.165) is 22.1 Å². The summed E-state index contributed by atoms with van der Waals surface area (Å²) >= 11 is 0. The molecule has 0 aliphatic heterocycles. The van der Waals surface area contributed by atoms with Crippen molar-refractivity contribution in [2.45, 2.75) is 12.8 Å². The molecule has 0 heterocycles. The Balaban J connectivity index is -0.000000247. The number of likely N-dealkylation sites (N-methyl/N-ethyl adjacent to an activating group) is 2. The number of carboxylic acids is 2. The molecule has 22 heavy (non-hydrogen) atoms. The highest BCUT2D eigenvalue weighted by Gasteiger charge is 2.02. The minimum atomic E-state index is -1.37. The fraction of sp³-hybridized carbons (Fsp3) is 0.857. The molecular formula is C14H32N2O6. The maximum absolute atomic E-state index is 9.50. The van der Waals surface area contributed by atoms with Gasteiger partial charge in [0.25, 0.3) is 0 Å². The largest absolute Gasteiger partial charge is 0.550 e. The number of aliphatic hydroxyl groups is 2. The van der Waals surface area contributed by atoms with E-state index >= 15 is 0 Å². The zero-order valence-electron chi connectivity index (χ0n) is 14.7. The number of carboxylic acid groups (broad SMARTS) is 2. The maximum Gasteiger partial charge on any atom is 0.101 e. The van der Waals surface area contributed by atoms with E-state index in [0.29, 0.717) is 0 Å². The first-order chi connectivity index (χ1) is 9.75. The molecule has 2 N–H and O–H groups in total. The Morgan fingerprint density at radius 1 is 0.727 bits per heavy atom. The molecule has 0 saturated heterocycles. The molecule has 0 atom stereocenters. The molecule has 0 radical (unpaired) electrons. The number of quaternary nitrogens is 2. The van der Waals surface area contributed by atoms with E-state index in [1.165, 1.54) is 0 Å². The predicted molar refractivity (Wildman–Crippen MR) is 79.2 cm³/mol. The van der Waals surface area contributed by atoms with Gasteiger partial charge in [0.2, 0.25) is 0 Å². The van der Waals surface area contributed by atoms with Gasteiger partial charge in [-0.2, -0.15) is 0 Å². The fourth-order valence-electron chi connectivity index (χ4n) is 0.804. The third-order valence-corrected chi connectivity index (χ3v) is 2.07. The highest BCUT2D eigenvalue weighted by Crippen LogP contribution is 1.85. The van der Waals surface area contributed by atoms with Crippen LogP contribution >= 0.6 is 0 Å². The first-order valence-electron chi connectivity index (χ1n) is 6.97. The van der Waals surface area contributed by atoms with Gasteiger partial charge in [-0.3, -0.25) is 0 Å². The van der Waals surface area contributed by atoms with E-state index in [1.54, 1.807) is 0 Å². The molecule has 8 heteroatoms. The van der Waals surface area contributed by atoms with Crippen LogP contribution in [0.5, 0.6) is 0 Å². The molecule has 0 unspecified atom stereocenters. The summed E-state index contributed by atoms with van der Waals surface area (Å²) in [5.74, 6) is -2.73. The topological polar surface area (TPSA) is 121 Å². The molecule has 0 spiro atoms. The number of carbonyl (C=O) groups is 2. The summed E-state index contributed by atoms with van der Waals surface area (Å²) in [6.07, 6.45) is -0.940. The second kappa shape index (κ2) is 13.4. The Bertz CT molecular complexity index is 265. The van der Waals surface area contributed by atoms with Crippen molar-refractivity contribution in [1.82, 2.24) is 0 Å². The van der Waals surface area contributed by atoms with Gasteiger partial charge >= 0.3 is 0 Å². The van der Waals surface area contributed by atoms with E-state index < -0.39 is 24.8 Å². The quantitative estimate of drug-likeness (QED) is 0.472. The lowest BCUT2D eigenvalue weighted by Gasteiger charge is -2.21. The lowest BCUT2D eigenvalue weighted by molar-refractivity contribution is -0.870. The highest BCUT2D eigenvalue weighted by molar-refractivity contribution is 5.72. The van der Waals surface area contributed by atoms with Crippen molar-refractivity contribution in [2.24, 2.45) is 0 Å². The van der Waals surface area contributed by atoms with Gasteiger partial charge < -0.3 is 39.0 Å². The van der Waals surface area contributed by atoms with Crippen LogP contribution in [0.1, 0.15) is 12.8 Å². The molecule has 0 fully saturated rings. The number of rotatable bonds is 7. The van der Waals surface area contributed by atoms with Crippen LogP contribution in [0.3, 0.4) is 0 Å². The fourth-order valence-corrected chi connectivity index (χ4v) is 0.804. The number of carbonyl (C=O) groups excluding carboxylic acids is 2. The summed E-state index contributed by atoms with van der Waals surface area (Å²) in [5.41, 5.74) is 0. The van der Waals surface area contributed by atoms with Gasteiger partial charge in [-0.1, -0.05) is 0 Å². The summed E-state index contributed by atoms with van der Waals surface area (Å²) in [7, 11) is 12.3. The van der Waals surface area contributed by atoms with Gasteiger partial charge in [-0.25, -0.2) is 0 Å². The van der Waals surface area contributed by atoms with Crippen molar-refractivity contribution in [1.29, 1.82) is 0 Å². The number of nitrogens with zero attached hydrogens (tertiary/aromatic N) is 2. The zero-order valence-corrected chi connectivity index (χ0v) is 14.7. The number of hydrogen-bond donors (Lipinski definition) is 2. The molecule has 0 aromatic heterocycles. The average molecular weight is 324 g/mol. The third kappa shape index (κ3) is 42.8. The standard InChI is InChI=1S/2C5H14NO.C4H6O4/c2*1-6(2,3)4-5-7;5-3(6)1-2-4(7)8/h2*7H,4-5H2,1-3H3;1-2H2,(H,5,6)(H,7,8)/q2*+1;/p-2. The van der Waals surface area contributed by atoms with Crippen LogP contribution in [0.4, 0.5) is 0 Å². The van der Waals surface area contributed by atoms with Crippen molar-refractivity contribution in [3.05, 3.63) is 0 Å². The molecule has 0 aromatic carbocycles. The van der Waals surface area contributed by atoms with Crippen molar-refractivity contribution in [3.8, 4) is 0 Å². The summed E-state index contributed by atoms with van der Waals surface area (Å²) in [5, 5.41) is 35.8.